The Hall–Kier alpha value is -3.28. The number of hydrogen-bond donors (Lipinski definition) is 2. The fourth-order valence-corrected chi connectivity index (χ4v) is 2.51. The van der Waals surface area contributed by atoms with Gasteiger partial charge in [0.1, 0.15) is 0 Å². The molecule has 1 amide bonds. The van der Waals surface area contributed by atoms with Gasteiger partial charge in [-0.1, -0.05) is 18.2 Å². The predicted molar refractivity (Wildman–Crippen MR) is 90.0 cm³/mol. The van der Waals surface area contributed by atoms with Gasteiger partial charge in [-0.25, -0.2) is 0 Å². The molecule has 2 N–H and O–H groups in total. The Morgan fingerprint density at radius 3 is 2.46 bits per heavy atom. The fourth-order valence-electron chi connectivity index (χ4n) is 2.51. The monoisotopic (exact) mass is 321 g/mol. The molecule has 0 radical (unpaired) electrons. The summed E-state index contributed by atoms with van der Waals surface area (Å²) in [6.45, 7) is 1.83. The number of nitrogens with zero attached hydrogens (tertiary/aromatic N) is 2. The van der Waals surface area contributed by atoms with E-state index in [1.54, 1.807) is 48.8 Å². The Kier molecular flexibility index (Phi) is 4.20. The lowest BCUT2D eigenvalue weighted by Crippen LogP contribution is -2.15. The minimum atomic E-state index is -0.950. The van der Waals surface area contributed by atoms with E-state index in [1.807, 2.05) is 6.92 Å². The van der Waals surface area contributed by atoms with Gasteiger partial charge in [-0.15, -0.1) is 0 Å². The van der Waals surface area contributed by atoms with E-state index < -0.39 is 5.97 Å². The molecule has 3 rings (SSSR count). The van der Waals surface area contributed by atoms with Gasteiger partial charge in [0.25, 0.3) is 5.91 Å². The maximum atomic E-state index is 12.6. The Labute approximate surface area is 138 Å². The number of aryl methyl sites for hydroxylation is 1. The van der Waals surface area contributed by atoms with Gasteiger partial charge in [-0.2, -0.15) is 0 Å². The van der Waals surface area contributed by atoms with Gasteiger partial charge in [0.05, 0.1) is 17.5 Å². The van der Waals surface area contributed by atoms with E-state index in [0.29, 0.717) is 22.3 Å². The third-order valence-corrected chi connectivity index (χ3v) is 3.67. The zero-order valence-corrected chi connectivity index (χ0v) is 13.0. The quantitative estimate of drug-likeness (QED) is 0.771. The predicted octanol–water partition coefficient (Wildman–Crippen LogP) is 2.82. The van der Waals surface area contributed by atoms with E-state index in [1.165, 1.54) is 0 Å². The number of amides is 1. The molecule has 0 atom stereocenters. The largest absolute Gasteiger partial charge is 0.481 e. The van der Waals surface area contributed by atoms with Crippen molar-refractivity contribution in [2.24, 2.45) is 0 Å². The Morgan fingerprint density at radius 1 is 1.08 bits per heavy atom. The normalized spacial score (nSPS) is 10.5. The maximum Gasteiger partial charge on any atom is 0.307 e. The molecule has 0 fully saturated rings. The number of carbonyl (C=O) groups is 2. The standard InChI is InChI=1S/C18H15N3O3/c1-11-8-15-16(20-7-6-19-15)10-13(11)18(24)21-14-5-3-2-4-12(14)9-17(22)23/h2-8,10H,9H2,1H3,(H,21,24)(H,22,23). The minimum Gasteiger partial charge on any atom is -0.481 e. The molecule has 0 aliphatic heterocycles. The second-order valence-electron chi connectivity index (χ2n) is 5.39. The molecular weight excluding hydrogens is 306 g/mol. The number of rotatable bonds is 4. The second kappa shape index (κ2) is 6.45. The molecule has 1 aromatic heterocycles. The zero-order valence-electron chi connectivity index (χ0n) is 13.0. The van der Waals surface area contributed by atoms with Crippen LogP contribution in [-0.2, 0) is 11.2 Å². The minimum absolute atomic E-state index is 0.154. The number of carboxylic acid groups (broad SMARTS) is 1. The Morgan fingerprint density at radius 2 is 1.75 bits per heavy atom. The number of fused-ring (bicyclic) bond motifs is 1. The number of aromatic nitrogens is 2. The number of carboxylic acids is 1. The van der Waals surface area contributed by atoms with E-state index in [4.69, 9.17) is 5.11 Å². The number of nitrogens with one attached hydrogen (secondary N) is 1. The summed E-state index contributed by atoms with van der Waals surface area (Å²) in [5.41, 5.74) is 3.65. The van der Waals surface area contributed by atoms with Gasteiger partial charge < -0.3 is 10.4 Å². The first-order valence-electron chi connectivity index (χ1n) is 7.37. The summed E-state index contributed by atoms with van der Waals surface area (Å²) in [7, 11) is 0. The van der Waals surface area contributed by atoms with E-state index in [-0.39, 0.29) is 12.3 Å². The smallest absolute Gasteiger partial charge is 0.307 e. The molecule has 24 heavy (non-hydrogen) atoms. The highest BCUT2D eigenvalue weighted by atomic mass is 16.4. The first kappa shape index (κ1) is 15.6. The van der Waals surface area contributed by atoms with Gasteiger partial charge >= 0.3 is 5.97 Å². The van der Waals surface area contributed by atoms with Crippen molar-refractivity contribution in [3.63, 3.8) is 0 Å². The van der Waals surface area contributed by atoms with E-state index >= 15 is 0 Å². The van der Waals surface area contributed by atoms with Crippen molar-refractivity contribution in [2.45, 2.75) is 13.3 Å². The van der Waals surface area contributed by atoms with Crippen LogP contribution in [0.1, 0.15) is 21.5 Å². The van der Waals surface area contributed by atoms with Gasteiger partial charge in [0, 0.05) is 23.6 Å². The third kappa shape index (κ3) is 3.22. The average molecular weight is 321 g/mol. The van der Waals surface area contributed by atoms with E-state index in [2.05, 4.69) is 15.3 Å². The number of para-hydroxylation sites is 1. The van der Waals surface area contributed by atoms with Gasteiger partial charge in [0.2, 0.25) is 0 Å². The number of benzene rings is 2. The Balaban J connectivity index is 1.93. The summed E-state index contributed by atoms with van der Waals surface area (Å²) in [5.74, 6) is -1.26. The summed E-state index contributed by atoms with van der Waals surface area (Å²) in [6, 6.07) is 10.4. The lowest BCUT2D eigenvalue weighted by Gasteiger charge is -2.11. The zero-order chi connectivity index (χ0) is 17.1. The molecular formula is C18H15N3O3. The first-order valence-corrected chi connectivity index (χ1v) is 7.37. The third-order valence-electron chi connectivity index (χ3n) is 3.67. The summed E-state index contributed by atoms with van der Waals surface area (Å²) < 4.78 is 0. The average Bonchev–Trinajstić information content (AvgIpc) is 2.55. The highest BCUT2D eigenvalue weighted by Crippen LogP contribution is 2.20. The maximum absolute atomic E-state index is 12.6. The molecule has 0 spiro atoms. The van der Waals surface area contributed by atoms with Crippen LogP contribution in [-0.4, -0.2) is 27.0 Å². The van der Waals surface area contributed by atoms with Crippen LogP contribution >= 0.6 is 0 Å². The molecule has 0 bridgehead atoms. The highest BCUT2D eigenvalue weighted by molar-refractivity contribution is 6.07. The van der Waals surface area contributed by atoms with Crippen molar-refractivity contribution < 1.29 is 14.7 Å². The van der Waals surface area contributed by atoms with Gasteiger partial charge in [-0.3, -0.25) is 19.6 Å². The van der Waals surface area contributed by atoms with Crippen molar-refractivity contribution in [3.8, 4) is 0 Å². The lowest BCUT2D eigenvalue weighted by atomic mass is 10.1. The fraction of sp³-hybridized carbons (Fsp3) is 0.111. The molecule has 0 aliphatic rings. The van der Waals surface area contributed by atoms with E-state index in [9.17, 15) is 9.59 Å². The van der Waals surface area contributed by atoms with Crippen LogP contribution in [0, 0.1) is 6.92 Å². The van der Waals surface area contributed by atoms with Crippen LogP contribution in [0.25, 0.3) is 11.0 Å². The van der Waals surface area contributed by atoms with Crippen LogP contribution in [0.15, 0.2) is 48.8 Å². The van der Waals surface area contributed by atoms with Gasteiger partial charge in [0.15, 0.2) is 0 Å². The molecule has 0 aliphatic carbocycles. The summed E-state index contributed by atoms with van der Waals surface area (Å²) in [5, 5.41) is 11.8. The highest BCUT2D eigenvalue weighted by Gasteiger charge is 2.14. The topological polar surface area (TPSA) is 92.2 Å². The molecule has 2 aromatic carbocycles. The van der Waals surface area contributed by atoms with Crippen LogP contribution in [0.4, 0.5) is 5.69 Å². The number of carbonyl (C=O) groups excluding carboxylic acids is 1. The molecule has 0 saturated carbocycles. The van der Waals surface area contributed by atoms with Crippen LogP contribution < -0.4 is 5.32 Å². The lowest BCUT2D eigenvalue weighted by molar-refractivity contribution is -0.136. The molecule has 6 nitrogen and oxygen atoms in total. The van der Waals surface area contributed by atoms with E-state index in [0.717, 1.165) is 11.1 Å². The van der Waals surface area contributed by atoms with Crippen LogP contribution in [0.2, 0.25) is 0 Å². The SMILES string of the molecule is Cc1cc2nccnc2cc1C(=O)Nc1ccccc1CC(=O)O. The van der Waals surface area contributed by atoms with Crippen molar-refractivity contribution >= 4 is 28.6 Å². The molecule has 0 unspecified atom stereocenters. The van der Waals surface area contributed by atoms with Crippen molar-refractivity contribution in [3.05, 3.63) is 65.5 Å². The van der Waals surface area contributed by atoms with Crippen LogP contribution in [0.5, 0.6) is 0 Å². The van der Waals surface area contributed by atoms with Gasteiger partial charge in [-0.05, 0) is 36.2 Å². The first-order chi connectivity index (χ1) is 11.5. The molecule has 3 aromatic rings. The number of hydrogen-bond acceptors (Lipinski definition) is 4. The number of aliphatic carboxylic acids is 1. The summed E-state index contributed by atoms with van der Waals surface area (Å²) in [4.78, 5) is 32.0. The number of anilines is 1. The summed E-state index contributed by atoms with van der Waals surface area (Å²) in [6.07, 6.45) is 3.02. The second-order valence-corrected chi connectivity index (χ2v) is 5.39. The molecule has 120 valence electrons. The molecule has 0 saturated heterocycles. The van der Waals surface area contributed by atoms with Crippen molar-refractivity contribution in [1.29, 1.82) is 0 Å². The van der Waals surface area contributed by atoms with Crippen LogP contribution in [0.3, 0.4) is 0 Å². The van der Waals surface area contributed by atoms with Crippen molar-refractivity contribution in [2.75, 3.05) is 5.32 Å². The molecule has 1 heterocycles. The Bertz CT molecular complexity index is 938. The molecule has 6 heteroatoms. The summed E-state index contributed by atoms with van der Waals surface area (Å²) >= 11 is 0. The van der Waals surface area contributed by atoms with Crippen molar-refractivity contribution in [1.82, 2.24) is 9.97 Å².